The molecule has 1 saturated heterocycles. The summed E-state index contributed by atoms with van der Waals surface area (Å²) < 4.78 is 29.6. The number of rotatable bonds is 5. The van der Waals surface area contributed by atoms with E-state index in [1.54, 1.807) is 28.8 Å². The summed E-state index contributed by atoms with van der Waals surface area (Å²) in [6.07, 6.45) is 1.30. The molecule has 34 heavy (non-hydrogen) atoms. The van der Waals surface area contributed by atoms with Crippen molar-refractivity contribution in [2.45, 2.75) is 20.1 Å². The van der Waals surface area contributed by atoms with Gasteiger partial charge in [-0.05, 0) is 49.0 Å². The lowest BCUT2D eigenvalue weighted by Gasteiger charge is -2.37. The number of piperazine rings is 1. The van der Waals surface area contributed by atoms with Crippen molar-refractivity contribution in [1.29, 1.82) is 0 Å². The van der Waals surface area contributed by atoms with Gasteiger partial charge in [-0.2, -0.15) is 0 Å². The van der Waals surface area contributed by atoms with E-state index in [2.05, 4.69) is 5.32 Å². The van der Waals surface area contributed by atoms with Gasteiger partial charge in [-0.15, -0.1) is 0 Å². The standard InChI is InChI=1S/C24H24F2N4O3S/c1-2-28-14-18(23(32)33)22(31)17-11-19(26)21(12-20(17)28)29-6-8-30(9-7-29)24(34)27-16-5-3-4-15(10-16)13-25/h3-5,10-12,14H,2,6-9,13H2,1H3,(H,27,34)(H,32,33). The Morgan fingerprint density at radius 3 is 2.56 bits per heavy atom. The SMILES string of the molecule is CCn1cc(C(=O)O)c(=O)c2cc(F)c(N3CCN(C(=S)Nc4cccc(CF)c4)CC3)cc21. The van der Waals surface area contributed by atoms with E-state index >= 15 is 4.39 Å². The first-order chi connectivity index (χ1) is 16.3. The summed E-state index contributed by atoms with van der Waals surface area (Å²) in [5, 5.41) is 13.0. The zero-order chi connectivity index (χ0) is 24.4. The summed E-state index contributed by atoms with van der Waals surface area (Å²) in [7, 11) is 0. The molecule has 0 aliphatic carbocycles. The predicted octanol–water partition coefficient (Wildman–Crippen LogP) is 3.85. The lowest BCUT2D eigenvalue weighted by Crippen LogP contribution is -2.50. The summed E-state index contributed by atoms with van der Waals surface area (Å²) in [5.74, 6) is -1.91. The van der Waals surface area contributed by atoms with Gasteiger partial charge in [0.05, 0.1) is 11.2 Å². The number of nitrogens with one attached hydrogen (secondary N) is 1. The molecule has 0 saturated carbocycles. The van der Waals surface area contributed by atoms with Crippen molar-refractivity contribution >= 4 is 45.6 Å². The third-order valence-electron chi connectivity index (χ3n) is 5.96. The van der Waals surface area contributed by atoms with Crippen molar-refractivity contribution in [3.63, 3.8) is 0 Å². The fourth-order valence-electron chi connectivity index (χ4n) is 4.14. The molecule has 0 amide bonds. The minimum atomic E-state index is -1.34. The number of alkyl halides is 1. The average Bonchev–Trinajstić information content (AvgIpc) is 2.84. The highest BCUT2D eigenvalue weighted by molar-refractivity contribution is 7.80. The first kappa shape index (κ1) is 23.6. The third kappa shape index (κ3) is 4.58. The highest BCUT2D eigenvalue weighted by Gasteiger charge is 2.23. The lowest BCUT2D eigenvalue weighted by molar-refractivity contribution is 0.0695. The highest BCUT2D eigenvalue weighted by Crippen LogP contribution is 2.26. The van der Waals surface area contributed by atoms with Crippen molar-refractivity contribution in [2.24, 2.45) is 0 Å². The maximum absolute atomic E-state index is 15.0. The molecule has 3 aromatic rings. The molecule has 1 aromatic heterocycles. The Labute approximate surface area is 200 Å². The van der Waals surface area contributed by atoms with Crippen LogP contribution in [0.3, 0.4) is 0 Å². The number of hydrogen-bond acceptors (Lipinski definition) is 4. The summed E-state index contributed by atoms with van der Waals surface area (Å²) >= 11 is 5.50. The first-order valence-electron chi connectivity index (χ1n) is 10.9. The summed E-state index contributed by atoms with van der Waals surface area (Å²) in [6.45, 7) is 3.79. The minimum absolute atomic E-state index is 0.0440. The van der Waals surface area contributed by atoms with E-state index < -0.39 is 23.9 Å². The topological polar surface area (TPSA) is 77.8 Å². The van der Waals surface area contributed by atoms with E-state index in [-0.39, 0.29) is 10.9 Å². The predicted molar refractivity (Wildman–Crippen MR) is 132 cm³/mol. The number of thiocarbonyl (C=S) groups is 1. The van der Waals surface area contributed by atoms with Crippen molar-refractivity contribution in [3.8, 4) is 0 Å². The average molecular weight is 487 g/mol. The Hall–Kier alpha value is -3.53. The van der Waals surface area contributed by atoms with Gasteiger partial charge >= 0.3 is 5.97 Å². The van der Waals surface area contributed by atoms with Crippen LogP contribution >= 0.6 is 12.2 Å². The number of hydrogen-bond donors (Lipinski definition) is 2. The molecule has 1 aliphatic heterocycles. The number of fused-ring (bicyclic) bond motifs is 1. The number of anilines is 2. The van der Waals surface area contributed by atoms with E-state index in [1.165, 1.54) is 6.20 Å². The fraction of sp³-hybridized carbons (Fsp3) is 0.292. The zero-order valence-electron chi connectivity index (χ0n) is 18.6. The van der Waals surface area contributed by atoms with Crippen molar-refractivity contribution < 1.29 is 18.7 Å². The molecule has 2 aromatic carbocycles. The van der Waals surface area contributed by atoms with Gasteiger partial charge in [0.25, 0.3) is 0 Å². The number of carboxylic acids is 1. The zero-order valence-corrected chi connectivity index (χ0v) is 19.4. The monoisotopic (exact) mass is 486 g/mol. The molecule has 178 valence electrons. The number of carboxylic acid groups (broad SMARTS) is 1. The van der Waals surface area contributed by atoms with Crippen LogP contribution in [0.1, 0.15) is 22.8 Å². The molecule has 2 N–H and O–H groups in total. The molecular weight excluding hydrogens is 462 g/mol. The molecule has 4 rings (SSSR count). The van der Waals surface area contributed by atoms with Gasteiger partial charge in [0, 0.05) is 50.0 Å². The second kappa shape index (κ2) is 9.76. The molecule has 1 fully saturated rings. The number of halogens is 2. The van der Waals surface area contributed by atoms with Crippen LogP contribution < -0.4 is 15.6 Å². The molecule has 10 heteroatoms. The van der Waals surface area contributed by atoms with E-state index in [9.17, 15) is 19.1 Å². The maximum Gasteiger partial charge on any atom is 0.341 e. The molecule has 0 unspecified atom stereocenters. The highest BCUT2D eigenvalue weighted by atomic mass is 32.1. The van der Waals surface area contributed by atoms with Crippen LogP contribution in [0.4, 0.5) is 20.2 Å². The Balaban J connectivity index is 1.53. The Kier molecular flexibility index (Phi) is 6.78. The normalized spacial score (nSPS) is 13.9. The van der Waals surface area contributed by atoms with Gasteiger partial charge < -0.3 is 24.8 Å². The minimum Gasteiger partial charge on any atom is -0.477 e. The molecule has 0 spiro atoms. The summed E-state index contributed by atoms with van der Waals surface area (Å²) in [6, 6.07) is 9.71. The molecule has 7 nitrogen and oxygen atoms in total. The van der Waals surface area contributed by atoms with E-state index in [0.717, 1.165) is 6.07 Å². The van der Waals surface area contributed by atoms with Gasteiger partial charge in [0.1, 0.15) is 18.1 Å². The second-order valence-corrected chi connectivity index (χ2v) is 8.41. The summed E-state index contributed by atoms with van der Waals surface area (Å²) in [5.41, 5.74) is 1.03. The van der Waals surface area contributed by atoms with Crippen LogP contribution in [-0.2, 0) is 13.2 Å². The van der Waals surface area contributed by atoms with Crippen LogP contribution in [0.2, 0.25) is 0 Å². The summed E-state index contributed by atoms with van der Waals surface area (Å²) in [4.78, 5) is 27.8. The van der Waals surface area contributed by atoms with Gasteiger partial charge in [-0.25, -0.2) is 13.6 Å². The number of aromatic carboxylic acids is 1. The second-order valence-electron chi connectivity index (χ2n) is 8.02. The van der Waals surface area contributed by atoms with Crippen molar-refractivity contribution in [2.75, 3.05) is 36.4 Å². The van der Waals surface area contributed by atoms with Gasteiger partial charge in [0.2, 0.25) is 5.43 Å². The third-order valence-corrected chi connectivity index (χ3v) is 6.32. The van der Waals surface area contributed by atoms with E-state index in [1.807, 2.05) is 22.8 Å². The number of pyridine rings is 1. The molecule has 0 bridgehead atoms. The quantitative estimate of drug-likeness (QED) is 0.531. The van der Waals surface area contributed by atoms with E-state index in [4.69, 9.17) is 12.2 Å². The Morgan fingerprint density at radius 1 is 1.18 bits per heavy atom. The smallest absolute Gasteiger partial charge is 0.341 e. The number of aromatic nitrogens is 1. The van der Waals surface area contributed by atoms with Gasteiger partial charge in [0.15, 0.2) is 5.11 Å². The Bertz CT molecular complexity index is 1320. The number of benzene rings is 2. The number of carbonyl (C=O) groups is 1. The first-order valence-corrected chi connectivity index (χ1v) is 11.3. The van der Waals surface area contributed by atoms with Crippen LogP contribution in [-0.4, -0.2) is 51.8 Å². The number of nitrogens with zero attached hydrogens (tertiary/aromatic N) is 3. The largest absolute Gasteiger partial charge is 0.477 e. The lowest BCUT2D eigenvalue weighted by atomic mass is 10.1. The van der Waals surface area contributed by atoms with Gasteiger partial charge in [-0.1, -0.05) is 12.1 Å². The van der Waals surface area contributed by atoms with Crippen molar-refractivity contribution in [3.05, 3.63) is 69.8 Å². The van der Waals surface area contributed by atoms with Crippen LogP contribution in [0.15, 0.2) is 47.4 Å². The molecule has 0 atom stereocenters. The molecule has 0 radical (unpaired) electrons. The molecular formula is C24H24F2N4O3S. The maximum atomic E-state index is 15.0. The van der Waals surface area contributed by atoms with Crippen LogP contribution in [0.25, 0.3) is 10.9 Å². The van der Waals surface area contributed by atoms with Crippen LogP contribution in [0, 0.1) is 5.82 Å². The van der Waals surface area contributed by atoms with Crippen LogP contribution in [0.5, 0.6) is 0 Å². The number of aryl methyl sites for hydroxylation is 1. The van der Waals surface area contributed by atoms with Crippen molar-refractivity contribution in [1.82, 2.24) is 9.47 Å². The van der Waals surface area contributed by atoms with E-state index in [0.29, 0.717) is 60.3 Å². The Morgan fingerprint density at radius 2 is 1.91 bits per heavy atom. The molecule has 2 heterocycles. The molecule has 1 aliphatic rings. The van der Waals surface area contributed by atoms with Gasteiger partial charge in [-0.3, -0.25) is 4.79 Å². The fourth-order valence-corrected chi connectivity index (χ4v) is 4.44.